The van der Waals surface area contributed by atoms with E-state index in [2.05, 4.69) is 31.8 Å². The minimum atomic E-state index is 0.0943. The van der Waals surface area contributed by atoms with Crippen LogP contribution in [0.1, 0.15) is 32.0 Å². The second-order valence-electron chi connectivity index (χ2n) is 5.16. The number of ether oxygens (including phenoxy) is 1. The van der Waals surface area contributed by atoms with Crippen molar-refractivity contribution in [2.75, 3.05) is 0 Å². The molecule has 0 aliphatic rings. The van der Waals surface area contributed by atoms with Crippen LogP contribution in [0, 0.1) is 0 Å². The molecule has 0 amide bonds. The van der Waals surface area contributed by atoms with Crippen molar-refractivity contribution in [2.45, 2.75) is 32.8 Å². The zero-order chi connectivity index (χ0) is 13.2. The molecule has 1 aromatic carbocycles. The highest BCUT2D eigenvalue weighted by atomic mass is 35.5. The van der Waals surface area contributed by atoms with Crippen LogP contribution in [0.5, 0.6) is 5.75 Å². The Morgan fingerprint density at radius 2 is 2.11 bits per heavy atom. The lowest BCUT2D eigenvalue weighted by Gasteiger charge is -2.20. The van der Waals surface area contributed by atoms with Gasteiger partial charge in [0.05, 0.1) is 16.2 Å². The summed E-state index contributed by atoms with van der Waals surface area (Å²) in [7, 11) is 0. The third-order valence-corrected chi connectivity index (χ3v) is 3.59. The summed E-state index contributed by atoms with van der Waals surface area (Å²) in [4.78, 5) is 4.17. The zero-order valence-electron chi connectivity index (χ0n) is 10.7. The SMILES string of the molecule is CC(C)(C)c1ccc(OCc2cscn2)c(Cl)c1. The smallest absolute Gasteiger partial charge is 0.138 e. The van der Waals surface area contributed by atoms with Crippen LogP contribution in [0.4, 0.5) is 0 Å². The first-order valence-corrected chi connectivity index (χ1v) is 7.09. The van der Waals surface area contributed by atoms with Crippen molar-refractivity contribution in [1.29, 1.82) is 0 Å². The Balaban J connectivity index is 2.10. The van der Waals surface area contributed by atoms with Crippen LogP contribution in [-0.4, -0.2) is 4.98 Å². The molecule has 4 heteroatoms. The fourth-order valence-electron chi connectivity index (χ4n) is 1.54. The van der Waals surface area contributed by atoms with Gasteiger partial charge in [-0.25, -0.2) is 4.98 Å². The van der Waals surface area contributed by atoms with E-state index in [0.717, 1.165) is 5.69 Å². The van der Waals surface area contributed by atoms with Gasteiger partial charge in [0.15, 0.2) is 0 Å². The number of rotatable bonds is 3. The monoisotopic (exact) mass is 281 g/mol. The number of halogens is 1. The molecule has 0 aliphatic carbocycles. The van der Waals surface area contributed by atoms with Crippen LogP contribution < -0.4 is 4.74 Å². The van der Waals surface area contributed by atoms with Gasteiger partial charge in [-0.3, -0.25) is 0 Å². The molecule has 0 bridgehead atoms. The van der Waals surface area contributed by atoms with Crippen LogP contribution in [0.2, 0.25) is 5.02 Å². The van der Waals surface area contributed by atoms with Crippen LogP contribution >= 0.6 is 22.9 Å². The molecule has 1 aromatic heterocycles. The second-order valence-corrected chi connectivity index (χ2v) is 6.29. The predicted octanol–water partition coefficient (Wildman–Crippen LogP) is 4.67. The van der Waals surface area contributed by atoms with Crippen molar-refractivity contribution in [3.05, 3.63) is 45.4 Å². The van der Waals surface area contributed by atoms with Crippen LogP contribution in [-0.2, 0) is 12.0 Å². The third-order valence-electron chi connectivity index (χ3n) is 2.66. The summed E-state index contributed by atoms with van der Waals surface area (Å²) < 4.78 is 5.66. The van der Waals surface area contributed by atoms with Gasteiger partial charge in [-0.1, -0.05) is 38.4 Å². The lowest BCUT2D eigenvalue weighted by molar-refractivity contribution is 0.302. The summed E-state index contributed by atoms with van der Waals surface area (Å²) in [6.45, 7) is 6.94. The van der Waals surface area contributed by atoms with E-state index in [4.69, 9.17) is 16.3 Å². The second kappa shape index (κ2) is 5.29. The molecule has 0 aliphatic heterocycles. The molecule has 1 heterocycles. The number of hydrogen-bond donors (Lipinski definition) is 0. The molecule has 0 saturated heterocycles. The van der Waals surface area contributed by atoms with E-state index in [1.54, 1.807) is 16.8 Å². The van der Waals surface area contributed by atoms with Crippen molar-refractivity contribution in [3.8, 4) is 5.75 Å². The minimum Gasteiger partial charge on any atom is -0.486 e. The molecular weight excluding hydrogens is 266 g/mol. The topological polar surface area (TPSA) is 22.1 Å². The van der Waals surface area contributed by atoms with Crippen LogP contribution in [0.3, 0.4) is 0 Å². The summed E-state index contributed by atoms with van der Waals surface area (Å²) in [5.74, 6) is 0.706. The van der Waals surface area contributed by atoms with Gasteiger partial charge in [-0.15, -0.1) is 11.3 Å². The highest BCUT2D eigenvalue weighted by molar-refractivity contribution is 7.07. The molecule has 0 N–H and O–H groups in total. The van der Waals surface area contributed by atoms with Gasteiger partial charge in [0.1, 0.15) is 12.4 Å². The number of nitrogens with zero attached hydrogens (tertiary/aromatic N) is 1. The first-order chi connectivity index (χ1) is 8.47. The fourth-order valence-corrected chi connectivity index (χ4v) is 2.32. The molecule has 0 fully saturated rings. The maximum atomic E-state index is 6.23. The standard InChI is InChI=1S/C14H16ClNOS/c1-14(2,3)10-4-5-13(12(15)6-10)17-7-11-8-18-9-16-11/h4-6,8-9H,7H2,1-3H3. The van der Waals surface area contributed by atoms with E-state index >= 15 is 0 Å². The maximum Gasteiger partial charge on any atom is 0.138 e. The normalized spacial score (nSPS) is 11.6. The Morgan fingerprint density at radius 3 is 2.67 bits per heavy atom. The summed E-state index contributed by atoms with van der Waals surface area (Å²) in [6.07, 6.45) is 0. The number of hydrogen-bond acceptors (Lipinski definition) is 3. The molecule has 2 rings (SSSR count). The predicted molar refractivity (Wildman–Crippen MR) is 76.6 cm³/mol. The van der Waals surface area contributed by atoms with Gasteiger partial charge in [0.2, 0.25) is 0 Å². The first-order valence-electron chi connectivity index (χ1n) is 5.77. The molecule has 2 aromatic rings. The van der Waals surface area contributed by atoms with Crippen LogP contribution in [0.25, 0.3) is 0 Å². The molecule has 0 atom stereocenters. The molecule has 96 valence electrons. The minimum absolute atomic E-state index is 0.0943. The van der Waals surface area contributed by atoms with E-state index in [9.17, 15) is 0 Å². The molecule has 0 unspecified atom stereocenters. The largest absolute Gasteiger partial charge is 0.486 e. The third kappa shape index (κ3) is 3.24. The number of benzene rings is 1. The molecule has 0 saturated carbocycles. The van der Waals surface area contributed by atoms with Gasteiger partial charge in [-0.2, -0.15) is 0 Å². The fraction of sp³-hybridized carbons (Fsp3) is 0.357. The van der Waals surface area contributed by atoms with E-state index < -0.39 is 0 Å². The van der Waals surface area contributed by atoms with Crippen molar-refractivity contribution in [1.82, 2.24) is 4.98 Å². The van der Waals surface area contributed by atoms with Crippen molar-refractivity contribution in [2.24, 2.45) is 0 Å². The van der Waals surface area contributed by atoms with E-state index in [-0.39, 0.29) is 5.41 Å². The summed E-state index contributed by atoms with van der Waals surface area (Å²) >= 11 is 7.79. The van der Waals surface area contributed by atoms with Crippen molar-refractivity contribution in [3.63, 3.8) is 0 Å². The molecular formula is C14H16ClNOS. The van der Waals surface area contributed by atoms with Crippen LogP contribution in [0.15, 0.2) is 29.1 Å². The van der Waals surface area contributed by atoms with Gasteiger partial charge >= 0.3 is 0 Å². The van der Waals surface area contributed by atoms with E-state index in [1.807, 2.05) is 17.5 Å². The lowest BCUT2D eigenvalue weighted by Crippen LogP contribution is -2.10. The van der Waals surface area contributed by atoms with Crippen molar-refractivity contribution >= 4 is 22.9 Å². The Labute approximate surface area is 117 Å². The Kier molecular flexibility index (Phi) is 3.93. The summed E-state index contributed by atoms with van der Waals surface area (Å²) in [6, 6.07) is 5.95. The lowest BCUT2D eigenvalue weighted by atomic mass is 9.87. The first kappa shape index (κ1) is 13.4. The van der Waals surface area contributed by atoms with Gasteiger partial charge in [0.25, 0.3) is 0 Å². The summed E-state index contributed by atoms with van der Waals surface area (Å²) in [5.41, 5.74) is 4.02. The quantitative estimate of drug-likeness (QED) is 0.815. The highest BCUT2D eigenvalue weighted by Gasteiger charge is 2.15. The molecule has 18 heavy (non-hydrogen) atoms. The molecule has 0 radical (unpaired) electrons. The summed E-state index contributed by atoms with van der Waals surface area (Å²) in [5, 5.41) is 2.62. The number of aromatic nitrogens is 1. The zero-order valence-corrected chi connectivity index (χ0v) is 12.3. The van der Waals surface area contributed by atoms with E-state index in [0.29, 0.717) is 17.4 Å². The van der Waals surface area contributed by atoms with Gasteiger partial charge in [0, 0.05) is 5.38 Å². The Hall–Kier alpha value is -1.06. The van der Waals surface area contributed by atoms with Gasteiger partial charge < -0.3 is 4.74 Å². The molecule has 2 nitrogen and oxygen atoms in total. The highest BCUT2D eigenvalue weighted by Crippen LogP contribution is 2.31. The maximum absolute atomic E-state index is 6.23. The van der Waals surface area contributed by atoms with Gasteiger partial charge in [-0.05, 0) is 23.1 Å². The van der Waals surface area contributed by atoms with E-state index in [1.165, 1.54) is 5.56 Å². The Morgan fingerprint density at radius 1 is 1.33 bits per heavy atom. The molecule has 0 spiro atoms. The number of thiazole rings is 1. The Bertz CT molecular complexity index is 517. The average Bonchev–Trinajstić information content (AvgIpc) is 2.79. The average molecular weight is 282 g/mol. The van der Waals surface area contributed by atoms with Crippen molar-refractivity contribution < 1.29 is 4.74 Å².